The zero-order chi connectivity index (χ0) is 13.9. The number of hydrogen-bond acceptors (Lipinski definition) is 4. The van der Waals surface area contributed by atoms with Gasteiger partial charge in [0.1, 0.15) is 5.52 Å². The zero-order valence-electron chi connectivity index (χ0n) is 10.4. The van der Waals surface area contributed by atoms with Crippen LogP contribution in [0.4, 0.5) is 0 Å². The first-order chi connectivity index (χ1) is 9.70. The Labute approximate surface area is 119 Å². The number of carbonyl (C=O) groups is 1. The van der Waals surface area contributed by atoms with Crippen molar-refractivity contribution in [2.24, 2.45) is 0 Å². The van der Waals surface area contributed by atoms with Crippen molar-refractivity contribution < 1.29 is 14.3 Å². The van der Waals surface area contributed by atoms with Crippen LogP contribution < -0.4 is 0 Å². The zero-order valence-corrected chi connectivity index (χ0v) is 11.3. The van der Waals surface area contributed by atoms with Crippen molar-refractivity contribution in [2.45, 2.75) is 16.5 Å². The number of aliphatic carboxylic acids is 1. The summed E-state index contributed by atoms with van der Waals surface area (Å²) in [6.07, 6.45) is 0.0355. The van der Waals surface area contributed by atoms with Gasteiger partial charge in [0.2, 0.25) is 0 Å². The fourth-order valence-electron chi connectivity index (χ4n) is 1.85. The average Bonchev–Trinajstić information content (AvgIpc) is 2.82. The average molecular weight is 285 g/mol. The predicted molar refractivity (Wildman–Crippen MR) is 75.9 cm³/mol. The molecule has 4 nitrogen and oxygen atoms in total. The van der Waals surface area contributed by atoms with Crippen LogP contribution in [0, 0.1) is 0 Å². The van der Waals surface area contributed by atoms with Crippen LogP contribution in [-0.2, 0) is 11.2 Å². The Morgan fingerprint density at radius 3 is 2.60 bits per heavy atom. The smallest absolute Gasteiger partial charge is 0.307 e. The number of aromatic nitrogens is 1. The second-order valence-corrected chi connectivity index (χ2v) is 5.29. The van der Waals surface area contributed by atoms with Crippen LogP contribution in [-0.4, -0.2) is 16.1 Å². The quantitative estimate of drug-likeness (QED) is 0.793. The number of carboxylic acid groups (broad SMARTS) is 1. The summed E-state index contributed by atoms with van der Waals surface area (Å²) in [5.74, 6) is -0.829. The van der Waals surface area contributed by atoms with Gasteiger partial charge < -0.3 is 9.52 Å². The van der Waals surface area contributed by atoms with E-state index >= 15 is 0 Å². The minimum absolute atomic E-state index is 0.0355. The first kappa shape index (κ1) is 12.7. The van der Waals surface area contributed by atoms with Gasteiger partial charge >= 0.3 is 5.97 Å². The van der Waals surface area contributed by atoms with E-state index in [-0.39, 0.29) is 6.42 Å². The standard InChI is InChI=1S/C15H11NO3S/c17-14(18)9-10-5-7-11(8-6-10)20-15-16-12-3-1-2-4-13(12)19-15/h1-8H,9H2,(H,17,18). The first-order valence-corrected chi connectivity index (χ1v) is 6.86. The number of fused-ring (bicyclic) bond motifs is 1. The highest BCUT2D eigenvalue weighted by Crippen LogP contribution is 2.29. The Kier molecular flexibility index (Phi) is 3.43. The van der Waals surface area contributed by atoms with E-state index in [1.807, 2.05) is 36.4 Å². The Bertz CT molecular complexity index is 716. The topological polar surface area (TPSA) is 63.3 Å². The molecule has 3 aromatic rings. The summed E-state index contributed by atoms with van der Waals surface area (Å²) in [6, 6.07) is 15.0. The molecule has 0 atom stereocenters. The maximum absolute atomic E-state index is 10.6. The third-order valence-electron chi connectivity index (χ3n) is 2.76. The number of hydrogen-bond donors (Lipinski definition) is 1. The molecule has 0 unspecified atom stereocenters. The van der Waals surface area contributed by atoms with Crippen LogP contribution in [0.1, 0.15) is 5.56 Å². The van der Waals surface area contributed by atoms with Gasteiger partial charge in [-0.05, 0) is 41.6 Å². The number of benzene rings is 2. The molecule has 100 valence electrons. The molecule has 0 saturated heterocycles. The maximum Gasteiger partial charge on any atom is 0.307 e. The highest BCUT2D eigenvalue weighted by Gasteiger charge is 2.07. The summed E-state index contributed by atoms with van der Waals surface area (Å²) in [6.45, 7) is 0. The molecule has 20 heavy (non-hydrogen) atoms. The summed E-state index contributed by atoms with van der Waals surface area (Å²) in [5, 5.41) is 9.30. The monoisotopic (exact) mass is 285 g/mol. The molecule has 0 bridgehead atoms. The van der Waals surface area contributed by atoms with Crippen molar-refractivity contribution in [1.29, 1.82) is 0 Å². The fourth-order valence-corrected chi connectivity index (χ4v) is 2.59. The minimum atomic E-state index is -0.829. The van der Waals surface area contributed by atoms with E-state index in [9.17, 15) is 4.79 Å². The molecular formula is C15H11NO3S. The molecule has 0 aliphatic carbocycles. The molecule has 0 aliphatic heterocycles. The molecule has 2 aromatic carbocycles. The van der Waals surface area contributed by atoms with E-state index in [2.05, 4.69) is 4.98 Å². The van der Waals surface area contributed by atoms with Gasteiger partial charge in [-0.25, -0.2) is 4.98 Å². The number of nitrogens with zero attached hydrogens (tertiary/aromatic N) is 1. The first-order valence-electron chi connectivity index (χ1n) is 6.05. The molecule has 5 heteroatoms. The lowest BCUT2D eigenvalue weighted by Gasteiger charge is -1.99. The molecule has 0 spiro atoms. The molecular weight excluding hydrogens is 274 g/mol. The van der Waals surface area contributed by atoms with Gasteiger partial charge in [0.05, 0.1) is 6.42 Å². The molecule has 0 fully saturated rings. The van der Waals surface area contributed by atoms with Crippen molar-refractivity contribution in [3.8, 4) is 0 Å². The van der Waals surface area contributed by atoms with E-state index < -0.39 is 5.97 Å². The van der Waals surface area contributed by atoms with E-state index in [4.69, 9.17) is 9.52 Å². The molecule has 0 radical (unpaired) electrons. The Morgan fingerprint density at radius 2 is 1.90 bits per heavy atom. The van der Waals surface area contributed by atoms with Crippen LogP contribution in [0.15, 0.2) is 63.1 Å². The molecule has 1 N–H and O–H groups in total. The summed E-state index contributed by atoms with van der Waals surface area (Å²) in [4.78, 5) is 16.0. The highest BCUT2D eigenvalue weighted by molar-refractivity contribution is 7.99. The third-order valence-corrected chi connectivity index (χ3v) is 3.62. The number of para-hydroxylation sites is 2. The van der Waals surface area contributed by atoms with Gasteiger partial charge in [-0.3, -0.25) is 4.79 Å². The predicted octanol–water partition coefficient (Wildman–Crippen LogP) is 3.61. The van der Waals surface area contributed by atoms with Gasteiger partial charge in [-0.2, -0.15) is 0 Å². The number of carboxylic acids is 1. The SMILES string of the molecule is O=C(O)Cc1ccc(Sc2nc3ccccc3o2)cc1. The van der Waals surface area contributed by atoms with Crippen LogP contribution in [0.5, 0.6) is 0 Å². The van der Waals surface area contributed by atoms with Crippen molar-refractivity contribution >= 4 is 28.8 Å². The molecule has 0 aliphatic rings. The second-order valence-electron chi connectivity index (χ2n) is 4.26. The van der Waals surface area contributed by atoms with E-state index in [0.717, 1.165) is 21.6 Å². The minimum Gasteiger partial charge on any atom is -0.481 e. The lowest BCUT2D eigenvalue weighted by Crippen LogP contribution is -1.99. The summed E-state index contributed by atoms with van der Waals surface area (Å²) >= 11 is 1.42. The highest BCUT2D eigenvalue weighted by atomic mass is 32.2. The molecule has 1 heterocycles. The lowest BCUT2D eigenvalue weighted by molar-refractivity contribution is -0.136. The van der Waals surface area contributed by atoms with Crippen molar-refractivity contribution in [3.05, 3.63) is 54.1 Å². The number of rotatable bonds is 4. The Balaban J connectivity index is 1.78. The van der Waals surface area contributed by atoms with Crippen LogP contribution in [0.25, 0.3) is 11.1 Å². The van der Waals surface area contributed by atoms with Gasteiger partial charge in [0.15, 0.2) is 5.58 Å². The van der Waals surface area contributed by atoms with Crippen molar-refractivity contribution in [3.63, 3.8) is 0 Å². The normalized spacial score (nSPS) is 10.8. The third kappa shape index (κ3) is 2.83. The van der Waals surface area contributed by atoms with Gasteiger partial charge in [0, 0.05) is 4.90 Å². The Morgan fingerprint density at radius 1 is 1.15 bits per heavy atom. The molecule has 0 amide bonds. The van der Waals surface area contributed by atoms with E-state index in [0.29, 0.717) is 5.22 Å². The van der Waals surface area contributed by atoms with E-state index in [1.165, 1.54) is 11.8 Å². The van der Waals surface area contributed by atoms with E-state index in [1.54, 1.807) is 12.1 Å². The van der Waals surface area contributed by atoms with Gasteiger partial charge in [-0.15, -0.1) is 0 Å². The van der Waals surface area contributed by atoms with Crippen LogP contribution in [0.2, 0.25) is 0 Å². The van der Waals surface area contributed by atoms with Crippen molar-refractivity contribution in [2.75, 3.05) is 0 Å². The van der Waals surface area contributed by atoms with Crippen LogP contribution >= 0.6 is 11.8 Å². The van der Waals surface area contributed by atoms with Gasteiger partial charge in [-0.1, -0.05) is 24.3 Å². The summed E-state index contributed by atoms with van der Waals surface area (Å²) < 4.78 is 5.62. The molecule has 1 aromatic heterocycles. The summed E-state index contributed by atoms with van der Waals surface area (Å²) in [5.41, 5.74) is 2.37. The van der Waals surface area contributed by atoms with Crippen molar-refractivity contribution in [1.82, 2.24) is 4.98 Å². The molecule has 3 rings (SSSR count). The molecule has 0 saturated carbocycles. The maximum atomic E-state index is 10.6. The lowest BCUT2D eigenvalue weighted by atomic mass is 10.2. The van der Waals surface area contributed by atoms with Gasteiger partial charge in [0.25, 0.3) is 5.22 Å². The fraction of sp³-hybridized carbons (Fsp3) is 0.0667. The second kappa shape index (κ2) is 5.38. The number of oxazole rings is 1. The largest absolute Gasteiger partial charge is 0.481 e. The van der Waals surface area contributed by atoms with Crippen LogP contribution in [0.3, 0.4) is 0 Å². The summed E-state index contributed by atoms with van der Waals surface area (Å²) in [7, 11) is 0. The Hall–Kier alpha value is -2.27.